The van der Waals surface area contributed by atoms with Crippen LogP contribution in [0.25, 0.3) is 11.4 Å². The van der Waals surface area contributed by atoms with Crippen LogP contribution in [0.5, 0.6) is 0 Å². The first kappa shape index (κ1) is 18.6. The molecule has 0 spiro atoms. The van der Waals surface area contributed by atoms with Crippen molar-refractivity contribution in [2.45, 2.75) is 32.4 Å². The summed E-state index contributed by atoms with van der Waals surface area (Å²) in [5.74, 6) is -0.870. The highest BCUT2D eigenvalue weighted by molar-refractivity contribution is 5.66. The van der Waals surface area contributed by atoms with Crippen molar-refractivity contribution in [1.29, 1.82) is 0 Å². The molecule has 0 radical (unpaired) electrons. The van der Waals surface area contributed by atoms with Crippen molar-refractivity contribution in [2.24, 2.45) is 0 Å². The van der Waals surface area contributed by atoms with E-state index in [9.17, 15) is 18.0 Å². The van der Waals surface area contributed by atoms with Crippen LogP contribution in [0.4, 0.5) is 13.2 Å². The first-order chi connectivity index (χ1) is 12.7. The van der Waals surface area contributed by atoms with Gasteiger partial charge in [0.05, 0.1) is 29.0 Å². The molecule has 1 N–H and O–H groups in total. The van der Waals surface area contributed by atoms with E-state index in [0.717, 1.165) is 10.7 Å². The monoisotopic (exact) mass is 379 g/mol. The van der Waals surface area contributed by atoms with Crippen LogP contribution < -0.4 is 0 Å². The van der Waals surface area contributed by atoms with Gasteiger partial charge in [-0.25, -0.2) is 9.36 Å². The summed E-state index contributed by atoms with van der Waals surface area (Å²) in [7, 11) is 0. The number of carbonyl (C=O) groups is 1. The standard InChI is InChI=1S/C17H16F3N5O2/c1-11-9-15(17(18,19)20)25(22-11)14-7-5-13(6-8-14)24-10-12(21-23-24)3-2-4-16(26)27/h5-10H,2-4H2,1H3,(H,26,27). The average molecular weight is 379 g/mol. The van der Waals surface area contributed by atoms with Gasteiger partial charge in [-0.05, 0) is 50.1 Å². The summed E-state index contributed by atoms with van der Waals surface area (Å²) < 4.78 is 41.7. The number of rotatable bonds is 6. The Kier molecular flexibility index (Phi) is 4.98. The molecule has 27 heavy (non-hydrogen) atoms. The van der Waals surface area contributed by atoms with Crippen LogP contribution in [-0.2, 0) is 17.4 Å². The van der Waals surface area contributed by atoms with Crippen molar-refractivity contribution in [3.05, 3.63) is 53.6 Å². The number of hydrogen-bond donors (Lipinski definition) is 1. The highest BCUT2D eigenvalue weighted by Gasteiger charge is 2.35. The van der Waals surface area contributed by atoms with Crippen LogP contribution in [0.2, 0.25) is 0 Å². The molecule has 0 fully saturated rings. The zero-order chi connectivity index (χ0) is 19.6. The summed E-state index contributed by atoms with van der Waals surface area (Å²) in [6.07, 6.45) is -1.86. The molecular weight excluding hydrogens is 363 g/mol. The van der Waals surface area contributed by atoms with Crippen molar-refractivity contribution in [3.63, 3.8) is 0 Å². The number of hydrogen-bond acceptors (Lipinski definition) is 4. The lowest BCUT2D eigenvalue weighted by atomic mass is 10.2. The number of alkyl halides is 3. The molecule has 3 rings (SSSR count). The number of nitrogens with zero attached hydrogens (tertiary/aromatic N) is 5. The smallest absolute Gasteiger partial charge is 0.433 e. The van der Waals surface area contributed by atoms with Gasteiger partial charge in [-0.15, -0.1) is 5.10 Å². The Morgan fingerprint density at radius 2 is 1.85 bits per heavy atom. The second-order valence-corrected chi connectivity index (χ2v) is 6.00. The molecule has 2 heterocycles. The first-order valence-electron chi connectivity index (χ1n) is 8.12. The molecule has 142 valence electrons. The summed E-state index contributed by atoms with van der Waals surface area (Å²) in [6.45, 7) is 1.50. The maximum absolute atomic E-state index is 13.1. The zero-order valence-electron chi connectivity index (χ0n) is 14.3. The number of aliphatic carboxylic acids is 1. The summed E-state index contributed by atoms with van der Waals surface area (Å²) in [5.41, 5.74) is 0.972. The molecule has 0 unspecified atom stereocenters. The fourth-order valence-corrected chi connectivity index (χ4v) is 2.60. The minimum atomic E-state index is -4.50. The third-order valence-electron chi connectivity index (χ3n) is 3.85. The highest BCUT2D eigenvalue weighted by atomic mass is 19.4. The van der Waals surface area contributed by atoms with Gasteiger partial charge >= 0.3 is 12.1 Å². The Labute approximate surface area is 152 Å². The Morgan fingerprint density at radius 3 is 2.48 bits per heavy atom. The first-order valence-corrected chi connectivity index (χ1v) is 8.12. The number of aromatic nitrogens is 5. The van der Waals surface area contributed by atoms with Gasteiger partial charge in [0.15, 0.2) is 0 Å². The Morgan fingerprint density at radius 1 is 1.19 bits per heavy atom. The molecule has 0 aliphatic carbocycles. The normalized spacial score (nSPS) is 11.7. The molecule has 0 aliphatic heterocycles. The van der Waals surface area contributed by atoms with E-state index in [1.807, 2.05) is 0 Å². The lowest BCUT2D eigenvalue weighted by molar-refractivity contribution is -0.143. The summed E-state index contributed by atoms with van der Waals surface area (Å²) >= 11 is 0. The largest absolute Gasteiger partial charge is 0.481 e. The second-order valence-electron chi connectivity index (χ2n) is 6.00. The van der Waals surface area contributed by atoms with Crippen LogP contribution in [0.15, 0.2) is 36.5 Å². The molecule has 7 nitrogen and oxygen atoms in total. The van der Waals surface area contributed by atoms with Crippen molar-refractivity contribution >= 4 is 5.97 Å². The Hall–Kier alpha value is -3.17. The predicted molar refractivity (Wildman–Crippen MR) is 88.8 cm³/mol. The minimum Gasteiger partial charge on any atom is -0.481 e. The van der Waals surface area contributed by atoms with Crippen LogP contribution in [0.3, 0.4) is 0 Å². The van der Waals surface area contributed by atoms with E-state index in [1.165, 1.54) is 23.7 Å². The quantitative estimate of drug-likeness (QED) is 0.711. The van der Waals surface area contributed by atoms with Gasteiger partial charge in [-0.3, -0.25) is 4.79 Å². The SMILES string of the molecule is Cc1cc(C(F)(F)F)n(-c2ccc(-n3cc(CCCC(=O)O)nn3)cc2)n1. The van der Waals surface area contributed by atoms with E-state index >= 15 is 0 Å². The lowest BCUT2D eigenvalue weighted by Gasteiger charge is -2.10. The third-order valence-corrected chi connectivity index (χ3v) is 3.85. The molecule has 0 saturated carbocycles. The van der Waals surface area contributed by atoms with E-state index in [1.54, 1.807) is 18.3 Å². The predicted octanol–water partition coefficient (Wildman–Crippen LogP) is 3.19. The number of halogens is 3. The molecule has 0 aliphatic rings. The van der Waals surface area contributed by atoms with Gasteiger partial charge in [0, 0.05) is 6.42 Å². The molecule has 0 saturated heterocycles. The van der Waals surface area contributed by atoms with Crippen molar-refractivity contribution < 1.29 is 23.1 Å². The fraction of sp³-hybridized carbons (Fsp3) is 0.294. The van der Waals surface area contributed by atoms with Gasteiger partial charge in [0.1, 0.15) is 5.69 Å². The third kappa shape index (κ3) is 4.33. The van der Waals surface area contributed by atoms with Crippen LogP contribution in [0.1, 0.15) is 29.9 Å². The molecule has 2 aromatic heterocycles. The minimum absolute atomic E-state index is 0.0480. The number of aryl methyl sites for hydroxylation is 2. The van der Waals surface area contributed by atoms with Crippen LogP contribution in [-0.4, -0.2) is 35.9 Å². The Balaban J connectivity index is 1.79. The number of carboxylic acids is 1. The average Bonchev–Trinajstić information content (AvgIpc) is 3.21. The number of carboxylic acid groups (broad SMARTS) is 1. The number of benzene rings is 1. The van der Waals surface area contributed by atoms with E-state index in [-0.39, 0.29) is 17.8 Å². The molecule has 1 aromatic carbocycles. The highest BCUT2D eigenvalue weighted by Crippen LogP contribution is 2.31. The molecule has 3 aromatic rings. The van der Waals surface area contributed by atoms with Crippen molar-refractivity contribution in [3.8, 4) is 11.4 Å². The summed E-state index contributed by atoms with van der Waals surface area (Å²) in [4.78, 5) is 10.5. The topological polar surface area (TPSA) is 85.8 Å². The molecule has 0 atom stereocenters. The Bertz CT molecular complexity index is 944. The van der Waals surface area contributed by atoms with Gasteiger partial charge in [-0.1, -0.05) is 5.21 Å². The van der Waals surface area contributed by atoms with E-state index in [2.05, 4.69) is 15.4 Å². The fourth-order valence-electron chi connectivity index (χ4n) is 2.60. The second kappa shape index (κ2) is 7.22. The van der Waals surface area contributed by atoms with Crippen molar-refractivity contribution in [1.82, 2.24) is 24.8 Å². The zero-order valence-corrected chi connectivity index (χ0v) is 14.3. The van der Waals surface area contributed by atoms with Crippen molar-refractivity contribution in [2.75, 3.05) is 0 Å². The van der Waals surface area contributed by atoms with Gasteiger partial charge in [0.25, 0.3) is 0 Å². The summed E-state index contributed by atoms with van der Waals surface area (Å²) in [6, 6.07) is 7.25. The maximum atomic E-state index is 13.1. The van der Waals surface area contributed by atoms with Gasteiger partial charge < -0.3 is 5.11 Å². The van der Waals surface area contributed by atoms with E-state index in [4.69, 9.17) is 5.11 Å². The lowest BCUT2D eigenvalue weighted by Crippen LogP contribution is -2.13. The molecule has 0 amide bonds. The van der Waals surface area contributed by atoms with Crippen LogP contribution in [0, 0.1) is 6.92 Å². The maximum Gasteiger partial charge on any atom is 0.433 e. The van der Waals surface area contributed by atoms with Crippen LogP contribution >= 0.6 is 0 Å². The molecular formula is C17H16F3N5O2. The van der Waals surface area contributed by atoms with Gasteiger partial charge in [0.2, 0.25) is 0 Å². The van der Waals surface area contributed by atoms with E-state index < -0.39 is 17.8 Å². The van der Waals surface area contributed by atoms with E-state index in [0.29, 0.717) is 24.2 Å². The molecule has 0 bridgehead atoms. The molecule has 10 heteroatoms. The van der Waals surface area contributed by atoms with Gasteiger partial charge in [-0.2, -0.15) is 18.3 Å². The summed E-state index contributed by atoms with van der Waals surface area (Å²) in [5, 5.41) is 20.5.